The van der Waals surface area contributed by atoms with E-state index in [-0.39, 0.29) is 5.54 Å². The van der Waals surface area contributed by atoms with Gasteiger partial charge in [0.1, 0.15) is 13.2 Å². The molecule has 3 rings (SSSR count). The van der Waals surface area contributed by atoms with Gasteiger partial charge in [0.25, 0.3) is 0 Å². The Morgan fingerprint density at radius 1 is 1.00 bits per heavy atom. The van der Waals surface area contributed by atoms with E-state index in [2.05, 4.69) is 6.07 Å². The Morgan fingerprint density at radius 2 is 1.76 bits per heavy atom. The average Bonchev–Trinajstić information content (AvgIpc) is 2.39. The lowest BCUT2D eigenvalue weighted by molar-refractivity contribution is 0.164. The number of rotatable bonds is 1. The number of ether oxygens (including phenoxy) is 2. The van der Waals surface area contributed by atoms with Gasteiger partial charge in [-0.15, -0.1) is 0 Å². The highest BCUT2D eigenvalue weighted by molar-refractivity contribution is 5.50. The Bertz CT molecular complexity index is 411. The van der Waals surface area contributed by atoms with E-state index in [0.29, 0.717) is 13.2 Å². The number of benzene rings is 1. The Morgan fingerprint density at radius 3 is 2.59 bits per heavy atom. The third-order valence-corrected chi connectivity index (χ3v) is 3.85. The van der Waals surface area contributed by atoms with Gasteiger partial charge in [-0.2, -0.15) is 0 Å². The topological polar surface area (TPSA) is 44.5 Å². The van der Waals surface area contributed by atoms with E-state index in [1.165, 1.54) is 19.3 Å². The Balaban J connectivity index is 2.01. The molecule has 0 saturated heterocycles. The Kier molecular flexibility index (Phi) is 2.71. The van der Waals surface area contributed by atoms with E-state index >= 15 is 0 Å². The smallest absolute Gasteiger partial charge is 0.166 e. The summed E-state index contributed by atoms with van der Waals surface area (Å²) in [5, 5.41) is 0. The lowest BCUT2D eigenvalue weighted by Gasteiger charge is -2.36. The van der Waals surface area contributed by atoms with E-state index in [0.717, 1.165) is 29.9 Å². The monoisotopic (exact) mass is 233 g/mol. The Hall–Kier alpha value is -1.22. The van der Waals surface area contributed by atoms with Gasteiger partial charge in [-0.1, -0.05) is 31.4 Å². The summed E-state index contributed by atoms with van der Waals surface area (Å²) in [4.78, 5) is 0. The molecule has 1 aromatic carbocycles. The van der Waals surface area contributed by atoms with Crippen LogP contribution in [0.4, 0.5) is 0 Å². The molecule has 0 amide bonds. The summed E-state index contributed by atoms with van der Waals surface area (Å²) in [7, 11) is 0. The van der Waals surface area contributed by atoms with Crippen LogP contribution in [0.3, 0.4) is 0 Å². The molecule has 0 spiro atoms. The van der Waals surface area contributed by atoms with Crippen LogP contribution in [0.25, 0.3) is 0 Å². The number of para-hydroxylation sites is 1. The molecule has 1 saturated carbocycles. The van der Waals surface area contributed by atoms with Crippen LogP contribution in [-0.4, -0.2) is 13.2 Å². The Labute approximate surface area is 102 Å². The summed E-state index contributed by atoms with van der Waals surface area (Å²) in [5.41, 5.74) is 7.48. The van der Waals surface area contributed by atoms with Crippen LogP contribution in [0, 0.1) is 0 Å². The van der Waals surface area contributed by atoms with Crippen molar-refractivity contribution in [2.75, 3.05) is 13.2 Å². The normalized spacial score (nSPS) is 22.2. The first-order valence-electron chi connectivity index (χ1n) is 6.48. The van der Waals surface area contributed by atoms with Crippen LogP contribution in [0.1, 0.15) is 37.7 Å². The number of nitrogens with two attached hydrogens (primary N) is 1. The second kappa shape index (κ2) is 4.22. The molecule has 3 nitrogen and oxygen atoms in total. The van der Waals surface area contributed by atoms with Gasteiger partial charge in [0.05, 0.1) is 0 Å². The van der Waals surface area contributed by atoms with Crippen molar-refractivity contribution in [2.24, 2.45) is 5.73 Å². The van der Waals surface area contributed by atoms with Gasteiger partial charge in [0.2, 0.25) is 0 Å². The first kappa shape index (κ1) is 10.9. The summed E-state index contributed by atoms with van der Waals surface area (Å²) in [6.45, 7) is 1.26. The second-order valence-corrected chi connectivity index (χ2v) is 5.05. The van der Waals surface area contributed by atoms with Gasteiger partial charge in [-0.25, -0.2) is 0 Å². The fourth-order valence-corrected chi connectivity index (χ4v) is 2.92. The van der Waals surface area contributed by atoms with Crippen molar-refractivity contribution in [2.45, 2.75) is 37.6 Å². The molecule has 0 atom stereocenters. The number of fused-ring (bicyclic) bond motifs is 1. The van der Waals surface area contributed by atoms with Gasteiger partial charge in [-0.05, 0) is 18.9 Å². The van der Waals surface area contributed by atoms with Gasteiger partial charge in [0, 0.05) is 11.1 Å². The van der Waals surface area contributed by atoms with Gasteiger partial charge in [0.15, 0.2) is 11.5 Å². The summed E-state index contributed by atoms with van der Waals surface area (Å²) < 4.78 is 11.4. The highest BCUT2D eigenvalue weighted by Crippen LogP contribution is 2.43. The fourth-order valence-electron chi connectivity index (χ4n) is 2.92. The predicted octanol–water partition coefficient (Wildman–Crippen LogP) is 2.58. The lowest BCUT2D eigenvalue weighted by Crippen LogP contribution is -2.39. The molecule has 1 aliphatic heterocycles. The summed E-state index contributed by atoms with van der Waals surface area (Å²) in [6, 6.07) is 6.08. The minimum atomic E-state index is -0.218. The molecule has 1 aromatic rings. The van der Waals surface area contributed by atoms with Gasteiger partial charge >= 0.3 is 0 Å². The average molecular weight is 233 g/mol. The summed E-state index contributed by atoms with van der Waals surface area (Å²) in [6.07, 6.45) is 5.81. The van der Waals surface area contributed by atoms with E-state index in [4.69, 9.17) is 15.2 Å². The molecule has 2 aliphatic rings. The third-order valence-electron chi connectivity index (χ3n) is 3.85. The molecule has 92 valence electrons. The quantitative estimate of drug-likeness (QED) is 0.810. The van der Waals surface area contributed by atoms with Crippen molar-refractivity contribution >= 4 is 0 Å². The van der Waals surface area contributed by atoms with Crippen LogP contribution < -0.4 is 15.2 Å². The zero-order chi connectivity index (χ0) is 11.7. The molecule has 1 heterocycles. The first-order chi connectivity index (χ1) is 8.30. The van der Waals surface area contributed by atoms with Crippen LogP contribution >= 0.6 is 0 Å². The predicted molar refractivity (Wildman–Crippen MR) is 66.4 cm³/mol. The molecule has 2 N–H and O–H groups in total. The largest absolute Gasteiger partial charge is 0.486 e. The van der Waals surface area contributed by atoms with Crippen molar-refractivity contribution < 1.29 is 9.47 Å². The molecule has 1 aliphatic carbocycles. The van der Waals surface area contributed by atoms with E-state index in [9.17, 15) is 0 Å². The van der Waals surface area contributed by atoms with Crippen molar-refractivity contribution in [3.05, 3.63) is 23.8 Å². The minimum absolute atomic E-state index is 0.218. The maximum absolute atomic E-state index is 6.57. The van der Waals surface area contributed by atoms with Gasteiger partial charge < -0.3 is 15.2 Å². The van der Waals surface area contributed by atoms with E-state index < -0.39 is 0 Å². The van der Waals surface area contributed by atoms with Crippen LogP contribution in [0.2, 0.25) is 0 Å². The fraction of sp³-hybridized carbons (Fsp3) is 0.571. The molecular formula is C14H19NO2. The van der Waals surface area contributed by atoms with E-state index in [1.54, 1.807) is 0 Å². The first-order valence-corrected chi connectivity index (χ1v) is 6.48. The molecular weight excluding hydrogens is 214 g/mol. The number of hydrogen-bond donors (Lipinski definition) is 1. The van der Waals surface area contributed by atoms with Crippen LogP contribution in [-0.2, 0) is 5.54 Å². The maximum atomic E-state index is 6.57. The second-order valence-electron chi connectivity index (χ2n) is 5.05. The van der Waals surface area contributed by atoms with Crippen LogP contribution in [0.15, 0.2) is 18.2 Å². The number of hydrogen-bond acceptors (Lipinski definition) is 3. The highest BCUT2D eigenvalue weighted by Gasteiger charge is 2.34. The molecule has 1 fully saturated rings. The summed E-state index contributed by atoms with van der Waals surface area (Å²) in [5.74, 6) is 1.73. The lowest BCUT2D eigenvalue weighted by atomic mass is 9.77. The molecule has 17 heavy (non-hydrogen) atoms. The van der Waals surface area contributed by atoms with Gasteiger partial charge in [-0.3, -0.25) is 0 Å². The van der Waals surface area contributed by atoms with Crippen molar-refractivity contribution in [1.82, 2.24) is 0 Å². The minimum Gasteiger partial charge on any atom is -0.486 e. The summed E-state index contributed by atoms with van der Waals surface area (Å²) >= 11 is 0. The van der Waals surface area contributed by atoms with Crippen LogP contribution in [0.5, 0.6) is 11.5 Å². The standard InChI is InChI=1S/C14H19NO2/c15-14(7-2-1-3-8-14)11-5-4-6-12-13(11)17-10-9-16-12/h4-6H,1-3,7-10,15H2. The third kappa shape index (κ3) is 1.89. The highest BCUT2D eigenvalue weighted by atomic mass is 16.6. The van der Waals surface area contributed by atoms with E-state index in [1.807, 2.05) is 12.1 Å². The SMILES string of the molecule is NC1(c2cccc3c2OCCO3)CCCCC1. The molecule has 0 bridgehead atoms. The zero-order valence-electron chi connectivity index (χ0n) is 10.1. The maximum Gasteiger partial charge on any atom is 0.166 e. The molecule has 3 heteroatoms. The molecule has 0 unspecified atom stereocenters. The molecule has 0 radical (unpaired) electrons. The zero-order valence-corrected chi connectivity index (χ0v) is 10.1. The molecule has 0 aromatic heterocycles. The van der Waals surface area contributed by atoms with Crippen molar-refractivity contribution in [3.8, 4) is 11.5 Å². The van der Waals surface area contributed by atoms with Crippen molar-refractivity contribution in [3.63, 3.8) is 0 Å². The van der Waals surface area contributed by atoms with Crippen molar-refractivity contribution in [1.29, 1.82) is 0 Å².